The zero-order valence-electron chi connectivity index (χ0n) is 17.2. The number of urea groups is 1. The molecule has 30 heavy (non-hydrogen) atoms. The van der Waals surface area contributed by atoms with E-state index in [1.165, 1.54) is 6.07 Å². The van der Waals surface area contributed by atoms with Crippen molar-refractivity contribution >= 4 is 18.4 Å². The van der Waals surface area contributed by atoms with Crippen LogP contribution in [-0.2, 0) is 0 Å². The first-order valence-corrected chi connectivity index (χ1v) is 9.96. The Morgan fingerprint density at radius 1 is 1.20 bits per heavy atom. The minimum absolute atomic E-state index is 0.147. The Kier molecular flexibility index (Phi) is 7.01. The Bertz CT molecular complexity index is 930. The molecule has 1 fully saturated rings. The topological polar surface area (TPSA) is 47.9 Å². The van der Waals surface area contributed by atoms with Crippen LogP contribution in [0.3, 0.4) is 0 Å². The van der Waals surface area contributed by atoms with E-state index < -0.39 is 0 Å². The van der Waals surface area contributed by atoms with Crippen LogP contribution in [0.1, 0.15) is 12.8 Å². The maximum atomic E-state index is 13.9. The lowest BCUT2D eigenvalue weighted by Gasteiger charge is -2.37. The summed E-state index contributed by atoms with van der Waals surface area (Å²) in [6.07, 6.45) is 5.24. The third-order valence-electron chi connectivity index (χ3n) is 5.41. The number of benzene rings is 2. The summed E-state index contributed by atoms with van der Waals surface area (Å²) >= 11 is 0. The van der Waals surface area contributed by atoms with E-state index in [1.54, 1.807) is 41.3 Å². The summed E-state index contributed by atoms with van der Waals surface area (Å²) in [6.45, 7) is 8.92. The van der Waals surface area contributed by atoms with E-state index in [0.29, 0.717) is 11.3 Å². The van der Waals surface area contributed by atoms with E-state index in [2.05, 4.69) is 28.5 Å². The number of rotatable bonds is 6. The number of carbonyl (C=O) groups is 1. The van der Waals surface area contributed by atoms with Gasteiger partial charge in [0.05, 0.1) is 0 Å². The molecule has 0 bridgehead atoms. The molecule has 2 aromatic rings. The first-order valence-electron chi connectivity index (χ1n) is 9.96. The maximum absolute atomic E-state index is 13.9. The van der Waals surface area contributed by atoms with Gasteiger partial charge in [-0.1, -0.05) is 43.0 Å². The van der Waals surface area contributed by atoms with Gasteiger partial charge < -0.3 is 15.1 Å². The monoisotopic (exact) mass is 406 g/mol. The molecule has 1 saturated heterocycles. The van der Waals surface area contributed by atoms with E-state index in [-0.39, 0.29) is 17.9 Å². The van der Waals surface area contributed by atoms with Crippen molar-refractivity contribution in [2.45, 2.75) is 18.9 Å². The van der Waals surface area contributed by atoms with Crippen LogP contribution in [0.4, 0.5) is 14.9 Å². The standard InChI is InChI=1S/C24H27FN4O/c1-4-7-23(26-2)29-16-14-20(15-17-29)28(3)24(30)27-19-12-10-18(11-13-19)21-8-5-6-9-22(21)25/h4-13,20H,1-2,14-17H2,3H3,(H,27,30)/b23-7+. The average molecular weight is 407 g/mol. The number of nitrogens with one attached hydrogen (secondary N) is 1. The SMILES string of the molecule is C=C/C=C(\N=C)N1CCC(N(C)C(=O)Nc2ccc(-c3ccccc3F)cc2)CC1. The first kappa shape index (κ1) is 21.3. The fourth-order valence-corrected chi connectivity index (χ4v) is 3.65. The zero-order chi connectivity index (χ0) is 21.5. The lowest BCUT2D eigenvalue weighted by Crippen LogP contribution is -2.46. The van der Waals surface area contributed by atoms with Crippen LogP contribution >= 0.6 is 0 Å². The van der Waals surface area contributed by atoms with Crippen LogP contribution in [-0.4, -0.2) is 48.7 Å². The molecule has 2 amide bonds. The highest BCUT2D eigenvalue weighted by Crippen LogP contribution is 2.25. The van der Waals surface area contributed by atoms with E-state index in [0.717, 1.165) is 37.3 Å². The summed E-state index contributed by atoms with van der Waals surface area (Å²) in [5, 5.41) is 2.92. The number of piperidine rings is 1. The van der Waals surface area contributed by atoms with Crippen molar-refractivity contribution in [2.75, 3.05) is 25.5 Å². The highest BCUT2D eigenvalue weighted by Gasteiger charge is 2.26. The Morgan fingerprint density at radius 3 is 2.47 bits per heavy atom. The van der Waals surface area contributed by atoms with Crippen LogP contribution in [0.5, 0.6) is 0 Å². The number of carbonyl (C=O) groups excluding carboxylic acids is 1. The quantitative estimate of drug-likeness (QED) is 0.533. The number of nitrogens with zero attached hydrogens (tertiary/aromatic N) is 3. The molecule has 1 aliphatic rings. The molecule has 156 valence electrons. The number of hydrogen-bond acceptors (Lipinski definition) is 3. The molecular formula is C24H27FN4O. The third kappa shape index (κ3) is 4.95. The van der Waals surface area contributed by atoms with Gasteiger partial charge in [0.1, 0.15) is 11.6 Å². The van der Waals surface area contributed by atoms with E-state index in [4.69, 9.17) is 0 Å². The fourth-order valence-electron chi connectivity index (χ4n) is 3.65. The normalized spacial score (nSPS) is 14.9. The van der Waals surface area contributed by atoms with Gasteiger partial charge in [-0.3, -0.25) is 0 Å². The average Bonchev–Trinajstić information content (AvgIpc) is 2.78. The molecule has 1 heterocycles. The van der Waals surface area contributed by atoms with E-state index in [9.17, 15) is 9.18 Å². The van der Waals surface area contributed by atoms with Crippen molar-refractivity contribution in [1.82, 2.24) is 9.80 Å². The molecule has 0 aliphatic carbocycles. The maximum Gasteiger partial charge on any atom is 0.321 e. The lowest BCUT2D eigenvalue weighted by molar-refractivity contribution is 0.159. The molecule has 0 saturated carbocycles. The van der Waals surface area contributed by atoms with Crippen molar-refractivity contribution < 1.29 is 9.18 Å². The number of allylic oxidation sites excluding steroid dienone is 2. The van der Waals surface area contributed by atoms with Crippen molar-refractivity contribution in [1.29, 1.82) is 0 Å². The van der Waals surface area contributed by atoms with Gasteiger partial charge in [0.2, 0.25) is 0 Å². The Labute approximate surface area is 177 Å². The third-order valence-corrected chi connectivity index (χ3v) is 5.41. The predicted octanol–water partition coefficient (Wildman–Crippen LogP) is 5.15. The Hall–Kier alpha value is -3.41. The molecule has 0 unspecified atom stereocenters. The van der Waals surface area contributed by atoms with E-state index in [1.807, 2.05) is 25.3 Å². The van der Waals surface area contributed by atoms with Crippen LogP contribution in [0, 0.1) is 5.82 Å². The molecule has 6 heteroatoms. The molecule has 3 rings (SSSR count). The second kappa shape index (κ2) is 9.87. The molecule has 0 atom stereocenters. The Balaban J connectivity index is 1.57. The highest BCUT2D eigenvalue weighted by atomic mass is 19.1. The molecular weight excluding hydrogens is 379 g/mol. The number of likely N-dealkylation sites (tertiary alicyclic amines) is 1. The van der Waals surface area contributed by atoms with Crippen molar-refractivity contribution in [2.24, 2.45) is 4.99 Å². The van der Waals surface area contributed by atoms with Gasteiger partial charge in [0.15, 0.2) is 0 Å². The second-order valence-corrected chi connectivity index (χ2v) is 7.24. The summed E-state index contributed by atoms with van der Waals surface area (Å²) in [4.78, 5) is 20.6. The summed E-state index contributed by atoms with van der Waals surface area (Å²) in [5.74, 6) is 0.545. The van der Waals surface area contributed by atoms with Gasteiger partial charge in [0.25, 0.3) is 0 Å². The summed E-state index contributed by atoms with van der Waals surface area (Å²) in [5.41, 5.74) is 1.99. The number of aliphatic imine (C=N–C) groups is 1. The molecule has 1 aliphatic heterocycles. The number of anilines is 1. The fraction of sp³-hybridized carbons (Fsp3) is 0.250. The van der Waals surface area contributed by atoms with Crippen molar-refractivity contribution in [3.05, 3.63) is 78.9 Å². The smallest absolute Gasteiger partial charge is 0.321 e. The summed E-state index contributed by atoms with van der Waals surface area (Å²) in [7, 11) is 1.82. The molecule has 0 aromatic heterocycles. The molecule has 1 N–H and O–H groups in total. The van der Waals surface area contributed by atoms with Gasteiger partial charge in [0, 0.05) is 37.4 Å². The van der Waals surface area contributed by atoms with Gasteiger partial charge in [-0.15, -0.1) is 0 Å². The van der Waals surface area contributed by atoms with Crippen molar-refractivity contribution in [3.8, 4) is 11.1 Å². The molecule has 2 aromatic carbocycles. The van der Waals surface area contributed by atoms with Gasteiger partial charge >= 0.3 is 6.03 Å². The minimum atomic E-state index is -0.266. The van der Waals surface area contributed by atoms with Crippen molar-refractivity contribution in [3.63, 3.8) is 0 Å². The number of halogens is 1. The van der Waals surface area contributed by atoms with Gasteiger partial charge in [-0.05, 0) is 49.4 Å². The van der Waals surface area contributed by atoms with Crippen LogP contribution in [0.2, 0.25) is 0 Å². The van der Waals surface area contributed by atoms with Crippen LogP contribution < -0.4 is 5.32 Å². The Morgan fingerprint density at radius 2 is 1.87 bits per heavy atom. The van der Waals surface area contributed by atoms with E-state index >= 15 is 0 Å². The predicted molar refractivity (Wildman–Crippen MR) is 121 cm³/mol. The first-order chi connectivity index (χ1) is 14.5. The molecule has 5 nitrogen and oxygen atoms in total. The largest absolute Gasteiger partial charge is 0.356 e. The highest BCUT2D eigenvalue weighted by molar-refractivity contribution is 5.89. The number of hydrogen-bond donors (Lipinski definition) is 1. The van der Waals surface area contributed by atoms with Gasteiger partial charge in [-0.25, -0.2) is 14.2 Å². The van der Waals surface area contributed by atoms with Crippen LogP contribution in [0.15, 0.2) is 78.1 Å². The molecule has 0 spiro atoms. The zero-order valence-corrected chi connectivity index (χ0v) is 17.2. The van der Waals surface area contributed by atoms with Crippen LogP contribution in [0.25, 0.3) is 11.1 Å². The summed E-state index contributed by atoms with van der Waals surface area (Å²) in [6, 6.07) is 13.8. The lowest BCUT2D eigenvalue weighted by atomic mass is 10.0. The van der Waals surface area contributed by atoms with Gasteiger partial charge in [-0.2, -0.15) is 0 Å². The summed E-state index contributed by atoms with van der Waals surface area (Å²) < 4.78 is 13.9. The second-order valence-electron chi connectivity index (χ2n) is 7.24. The minimum Gasteiger partial charge on any atom is -0.356 e. The molecule has 0 radical (unpaired) electrons. The number of amides is 2.